The van der Waals surface area contributed by atoms with Gasteiger partial charge in [-0.25, -0.2) is 13.2 Å². The molecule has 0 aliphatic carbocycles. The van der Waals surface area contributed by atoms with Crippen molar-refractivity contribution in [3.8, 4) is 5.75 Å². The van der Waals surface area contributed by atoms with E-state index in [-0.39, 0.29) is 22.2 Å². The Morgan fingerprint density at radius 2 is 1.62 bits per heavy atom. The molecule has 0 saturated carbocycles. The minimum Gasteiger partial charge on any atom is -0.453 e. The van der Waals surface area contributed by atoms with E-state index in [0.717, 1.165) is 15.2 Å². The lowest BCUT2D eigenvalue weighted by molar-refractivity contribution is 0.0700. The molecule has 7 heteroatoms. The first kappa shape index (κ1) is 19.4. The van der Waals surface area contributed by atoms with Crippen molar-refractivity contribution in [2.24, 2.45) is 0 Å². The fourth-order valence-electron chi connectivity index (χ4n) is 2.88. The van der Waals surface area contributed by atoms with E-state index in [9.17, 15) is 13.2 Å². The fourth-order valence-corrected chi connectivity index (χ4v) is 4.53. The third-order valence-corrected chi connectivity index (χ3v) is 6.43. The van der Waals surface area contributed by atoms with Crippen molar-refractivity contribution in [1.82, 2.24) is 0 Å². The van der Waals surface area contributed by atoms with E-state index in [1.165, 1.54) is 24.3 Å². The maximum Gasteiger partial charge on any atom is 0.379 e. The van der Waals surface area contributed by atoms with Crippen LogP contribution in [0.15, 0.2) is 92.6 Å². The summed E-state index contributed by atoms with van der Waals surface area (Å²) >= 11 is 3.42. The van der Waals surface area contributed by atoms with Crippen molar-refractivity contribution in [3.05, 3.63) is 94.9 Å². The van der Waals surface area contributed by atoms with E-state index in [1.807, 2.05) is 24.3 Å². The smallest absolute Gasteiger partial charge is 0.379 e. The van der Waals surface area contributed by atoms with Crippen LogP contribution < -0.4 is 4.74 Å². The van der Waals surface area contributed by atoms with E-state index < -0.39 is 15.8 Å². The predicted octanol–water partition coefficient (Wildman–Crippen LogP) is 5.39. The number of halogens is 1. The van der Waals surface area contributed by atoms with Gasteiger partial charge in [-0.05, 0) is 59.3 Å². The van der Waals surface area contributed by atoms with Gasteiger partial charge < -0.3 is 9.15 Å². The number of benzene rings is 3. The van der Waals surface area contributed by atoms with Crippen LogP contribution in [0.25, 0.3) is 10.8 Å². The summed E-state index contributed by atoms with van der Waals surface area (Å²) in [6, 6.07) is 22.0. The Hall–Kier alpha value is -2.90. The van der Waals surface area contributed by atoms with Crippen molar-refractivity contribution < 1.29 is 22.4 Å². The Morgan fingerprint density at radius 3 is 2.41 bits per heavy atom. The van der Waals surface area contributed by atoms with Gasteiger partial charge in [0.1, 0.15) is 17.3 Å². The number of hydrogen-bond acceptors (Lipinski definition) is 5. The zero-order valence-corrected chi connectivity index (χ0v) is 17.4. The fraction of sp³-hybridized carbons (Fsp3) is 0.0455. The molecular weight excluding hydrogens is 456 g/mol. The molecule has 146 valence electrons. The van der Waals surface area contributed by atoms with Crippen LogP contribution in [0.2, 0.25) is 0 Å². The standard InChI is InChI=1S/C22H15BrO5S/c23-17-8-6-16-13-18(9-7-15(16)12-17)28-22(24)21-11-10-19(27-21)14-29(25,26)20-4-2-1-3-5-20/h1-13H,14H2. The summed E-state index contributed by atoms with van der Waals surface area (Å²) in [5, 5.41) is 1.93. The van der Waals surface area contributed by atoms with E-state index in [0.29, 0.717) is 5.75 Å². The minimum atomic E-state index is -3.56. The second-order valence-corrected chi connectivity index (χ2v) is 9.29. The van der Waals surface area contributed by atoms with Gasteiger partial charge in [0.15, 0.2) is 9.84 Å². The number of fused-ring (bicyclic) bond motifs is 1. The summed E-state index contributed by atoms with van der Waals surface area (Å²) in [6.07, 6.45) is 0. The van der Waals surface area contributed by atoms with Crippen molar-refractivity contribution >= 4 is 42.5 Å². The first-order chi connectivity index (χ1) is 13.9. The second kappa shape index (κ2) is 7.85. The van der Waals surface area contributed by atoms with Gasteiger partial charge in [-0.1, -0.05) is 46.3 Å². The Balaban J connectivity index is 1.49. The van der Waals surface area contributed by atoms with Gasteiger partial charge in [-0.2, -0.15) is 0 Å². The molecule has 0 aliphatic rings. The van der Waals surface area contributed by atoms with Gasteiger partial charge in [-0.3, -0.25) is 0 Å². The number of carbonyl (C=O) groups excluding carboxylic acids is 1. The third-order valence-electron chi connectivity index (χ3n) is 4.28. The van der Waals surface area contributed by atoms with Crippen LogP contribution >= 0.6 is 15.9 Å². The third kappa shape index (κ3) is 4.41. The van der Waals surface area contributed by atoms with Crippen LogP contribution in [-0.4, -0.2) is 14.4 Å². The topological polar surface area (TPSA) is 73.6 Å². The number of ether oxygens (including phenoxy) is 1. The quantitative estimate of drug-likeness (QED) is 0.288. The normalized spacial score (nSPS) is 11.5. The summed E-state index contributed by atoms with van der Waals surface area (Å²) < 4.78 is 36.6. The molecule has 0 amide bonds. The number of sulfone groups is 1. The Labute approximate surface area is 176 Å². The van der Waals surface area contributed by atoms with Crippen LogP contribution in [0.4, 0.5) is 0 Å². The largest absolute Gasteiger partial charge is 0.453 e. The van der Waals surface area contributed by atoms with Crippen LogP contribution in [0, 0.1) is 0 Å². The Kier molecular flexibility index (Phi) is 5.25. The number of hydrogen-bond donors (Lipinski definition) is 0. The van der Waals surface area contributed by atoms with Crippen LogP contribution in [0.3, 0.4) is 0 Å². The average molecular weight is 471 g/mol. The molecule has 4 aromatic rings. The van der Waals surface area contributed by atoms with E-state index in [2.05, 4.69) is 15.9 Å². The summed E-state index contributed by atoms with van der Waals surface area (Å²) in [4.78, 5) is 12.6. The molecule has 0 fully saturated rings. The molecule has 5 nitrogen and oxygen atoms in total. The molecule has 0 atom stereocenters. The Morgan fingerprint density at radius 1 is 0.897 bits per heavy atom. The first-order valence-electron chi connectivity index (χ1n) is 8.69. The molecule has 3 aromatic carbocycles. The van der Waals surface area contributed by atoms with Crippen molar-refractivity contribution in [3.63, 3.8) is 0 Å². The van der Waals surface area contributed by atoms with E-state index in [1.54, 1.807) is 30.3 Å². The van der Waals surface area contributed by atoms with Crippen LogP contribution in [0.5, 0.6) is 5.75 Å². The summed E-state index contributed by atoms with van der Waals surface area (Å²) in [6.45, 7) is 0. The van der Waals surface area contributed by atoms with E-state index >= 15 is 0 Å². The first-order valence-corrected chi connectivity index (χ1v) is 11.1. The second-order valence-electron chi connectivity index (χ2n) is 6.38. The molecule has 1 heterocycles. The molecule has 0 N–H and O–H groups in total. The molecule has 0 aliphatic heterocycles. The van der Waals surface area contributed by atoms with Gasteiger partial charge in [-0.15, -0.1) is 0 Å². The minimum absolute atomic E-state index is 0.0563. The lowest BCUT2D eigenvalue weighted by atomic mass is 10.1. The highest BCUT2D eigenvalue weighted by molar-refractivity contribution is 9.10. The van der Waals surface area contributed by atoms with Gasteiger partial charge in [0.05, 0.1) is 4.90 Å². The van der Waals surface area contributed by atoms with E-state index in [4.69, 9.17) is 9.15 Å². The van der Waals surface area contributed by atoms with Crippen molar-refractivity contribution in [2.75, 3.05) is 0 Å². The Bertz CT molecular complexity index is 1290. The van der Waals surface area contributed by atoms with Crippen molar-refractivity contribution in [2.45, 2.75) is 10.6 Å². The highest BCUT2D eigenvalue weighted by Crippen LogP contribution is 2.25. The zero-order chi connectivity index (χ0) is 20.4. The predicted molar refractivity (Wildman–Crippen MR) is 113 cm³/mol. The number of rotatable bonds is 5. The highest BCUT2D eigenvalue weighted by Gasteiger charge is 2.20. The monoisotopic (exact) mass is 470 g/mol. The number of esters is 1. The molecular formula is C22H15BrO5S. The molecule has 1 aromatic heterocycles. The molecule has 0 radical (unpaired) electrons. The van der Waals surface area contributed by atoms with Crippen LogP contribution in [-0.2, 0) is 15.6 Å². The lowest BCUT2D eigenvalue weighted by Crippen LogP contribution is -2.07. The summed E-state index contributed by atoms with van der Waals surface area (Å²) in [5.41, 5.74) is 0. The van der Waals surface area contributed by atoms with Gasteiger partial charge in [0, 0.05) is 4.47 Å². The summed E-state index contributed by atoms with van der Waals surface area (Å²) in [7, 11) is -3.56. The maximum atomic E-state index is 12.4. The molecule has 29 heavy (non-hydrogen) atoms. The molecule has 0 spiro atoms. The van der Waals surface area contributed by atoms with Crippen molar-refractivity contribution in [1.29, 1.82) is 0 Å². The van der Waals surface area contributed by atoms with Crippen LogP contribution in [0.1, 0.15) is 16.3 Å². The van der Waals surface area contributed by atoms with Gasteiger partial charge >= 0.3 is 5.97 Å². The lowest BCUT2D eigenvalue weighted by Gasteiger charge is -2.05. The zero-order valence-electron chi connectivity index (χ0n) is 15.0. The summed E-state index contributed by atoms with van der Waals surface area (Å²) in [5.74, 6) is -0.539. The average Bonchev–Trinajstić information content (AvgIpc) is 3.17. The molecule has 4 rings (SSSR count). The highest BCUT2D eigenvalue weighted by atomic mass is 79.9. The maximum absolute atomic E-state index is 12.4. The number of furan rings is 1. The molecule has 0 unspecified atom stereocenters. The molecule has 0 bridgehead atoms. The van der Waals surface area contributed by atoms with Gasteiger partial charge in [0.25, 0.3) is 0 Å². The van der Waals surface area contributed by atoms with Gasteiger partial charge in [0.2, 0.25) is 5.76 Å². The SMILES string of the molecule is O=C(Oc1ccc2cc(Br)ccc2c1)c1ccc(CS(=O)(=O)c2ccccc2)o1. The molecule has 0 saturated heterocycles. The number of carbonyl (C=O) groups is 1.